The van der Waals surface area contributed by atoms with Crippen molar-refractivity contribution in [2.45, 2.75) is 19.8 Å². The van der Waals surface area contributed by atoms with E-state index in [2.05, 4.69) is 9.53 Å². The van der Waals surface area contributed by atoms with E-state index in [1.807, 2.05) is 6.92 Å². The largest absolute Gasteiger partial charge is 0.460 e. The summed E-state index contributed by atoms with van der Waals surface area (Å²) >= 11 is 0. The lowest BCUT2D eigenvalue weighted by atomic mass is 10.1. The Kier molecular flexibility index (Phi) is 5.90. The number of ether oxygens (including phenoxy) is 1. The van der Waals surface area contributed by atoms with Gasteiger partial charge in [0, 0.05) is 6.42 Å². The van der Waals surface area contributed by atoms with Crippen molar-refractivity contribution in [3.63, 3.8) is 0 Å². The second kappa shape index (κ2) is 6.74. The van der Waals surface area contributed by atoms with E-state index in [0.29, 0.717) is 6.42 Å². The summed E-state index contributed by atoms with van der Waals surface area (Å²) in [6, 6.07) is 0. The molecule has 0 N–H and O–H groups in total. The zero-order valence-corrected chi connectivity index (χ0v) is 8.19. The summed E-state index contributed by atoms with van der Waals surface area (Å²) < 4.78 is 4.26. The maximum absolute atomic E-state index is 11.2. The van der Waals surface area contributed by atoms with E-state index in [-0.39, 0.29) is 6.42 Å². The minimum Gasteiger partial charge on any atom is -0.460 e. The van der Waals surface area contributed by atoms with Crippen LogP contribution in [-0.4, -0.2) is 29.4 Å². The van der Waals surface area contributed by atoms with Crippen molar-refractivity contribution in [3.05, 3.63) is 17.7 Å². The summed E-state index contributed by atoms with van der Waals surface area (Å²) in [7, 11) is 1.12. The fourth-order valence-corrected chi connectivity index (χ4v) is 0.807. The molecule has 0 heterocycles. The third kappa shape index (κ3) is 3.78. The number of nitrogens with zero attached hydrogens (tertiary/aromatic N) is 2. The highest BCUT2D eigenvalue weighted by atomic mass is 16.5. The summed E-state index contributed by atoms with van der Waals surface area (Å²) in [5, 5.41) is 0. The number of ketones is 1. The molecule has 0 aliphatic carbocycles. The summed E-state index contributed by atoms with van der Waals surface area (Å²) in [4.78, 5) is 24.7. The van der Waals surface area contributed by atoms with Crippen LogP contribution < -0.4 is 0 Å². The normalized spacial score (nSPS) is 9.57. The van der Waals surface area contributed by atoms with Gasteiger partial charge in [-0.25, -0.2) is 4.79 Å². The average Bonchev–Trinajstić information content (AvgIpc) is 2.19. The molecule has 0 amide bonds. The van der Waals surface area contributed by atoms with Crippen LogP contribution in [-0.2, 0) is 14.3 Å². The molecule has 0 fully saturated rings. The fraction of sp³-hybridized carbons (Fsp3) is 0.444. The molecular weight excluding hydrogens is 184 g/mol. The molecule has 14 heavy (non-hydrogen) atoms. The number of carbonyl (C=O) groups is 2. The van der Waals surface area contributed by atoms with Gasteiger partial charge in [-0.15, -0.1) is 0 Å². The quantitative estimate of drug-likeness (QED) is 0.162. The van der Waals surface area contributed by atoms with Crippen molar-refractivity contribution < 1.29 is 19.1 Å². The van der Waals surface area contributed by atoms with E-state index in [4.69, 9.17) is 5.53 Å². The number of methoxy groups -OCH3 is 1. The Balaban J connectivity index is 4.35. The first-order valence-corrected chi connectivity index (χ1v) is 4.12. The summed E-state index contributed by atoms with van der Waals surface area (Å²) in [6.45, 7) is 1.83. The van der Waals surface area contributed by atoms with Crippen LogP contribution in [0, 0.1) is 0 Å². The maximum atomic E-state index is 11.2. The lowest BCUT2D eigenvalue weighted by molar-refractivity contribution is -0.139. The van der Waals surface area contributed by atoms with Gasteiger partial charge in [0.2, 0.25) is 0 Å². The van der Waals surface area contributed by atoms with E-state index in [1.165, 1.54) is 0 Å². The zero-order valence-electron chi connectivity index (χ0n) is 8.19. The van der Waals surface area contributed by atoms with Crippen molar-refractivity contribution in [2.24, 2.45) is 0 Å². The number of rotatable bonds is 5. The van der Waals surface area contributed by atoms with Crippen LogP contribution in [0.1, 0.15) is 19.8 Å². The Bertz CT molecular complexity index is 301. The Hall–Kier alpha value is -1.74. The Morgan fingerprint density at radius 3 is 2.57 bits per heavy atom. The van der Waals surface area contributed by atoms with Gasteiger partial charge >= 0.3 is 11.7 Å². The topological polar surface area (TPSA) is 79.8 Å². The third-order valence-corrected chi connectivity index (χ3v) is 1.52. The molecule has 5 nitrogen and oxygen atoms in total. The highest BCUT2D eigenvalue weighted by Gasteiger charge is 2.29. The van der Waals surface area contributed by atoms with Crippen LogP contribution in [0.15, 0.2) is 12.2 Å². The standard InChI is InChI=1S/C9H12N2O3/c1-3-4-5-6-7(12)8(11-10)9(13)14-2/h3-4H,5-6H2,1-2H3/b4-3-. The molecule has 0 aromatic carbocycles. The molecule has 0 aromatic rings. The van der Waals surface area contributed by atoms with Gasteiger partial charge in [0.15, 0.2) is 0 Å². The molecule has 5 heteroatoms. The fourth-order valence-electron chi connectivity index (χ4n) is 0.807. The third-order valence-electron chi connectivity index (χ3n) is 1.52. The molecule has 0 aliphatic heterocycles. The first-order valence-electron chi connectivity index (χ1n) is 4.12. The molecule has 0 unspecified atom stereocenters. The van der Waals surface area contributed by atoms with Gasteiger partial charge in [-0.2, -0.15) is 4.79 Å². The Morgan fingerprint density at radius 2 is 2.14 bits per heavy atom. The molecular formula is C9H12N2O3. The molecule has 0 aliphatic rings. The van der Waals surface area contributed by atoms with Gasteiger partial charge in [-0.1, -0.05) is 12.2 Å². The summed E-state index contributed by atoms with van der Waals surface area (Å²) in [6.07, 6.45) is 4.20. The van der Waals surface area contributed by atoms with Gasteiger partial charge in [-0.05, 0) is 13.3 Å². The number of esters is 1. The van der Waals surface area contributed by atoms with Crippen LogP contribution in [0.25, 0.3) is 5.53 Å². The molecule has 0 rings (SSSR count). The van der Waals surface area contributed by atoms with Gasteiger partial charge in [0.25, 0.3) is 5.78 Å². The smallest absolute Gasteiger partial charge is 0.441 e. The lowest BCUT2D eigenvalue weighted by Crippen LogP contribution is -2.26. The number of Topliss-reactive ketones (excluding diaryl/α,β-unsaturated/α-hetero) is 1. The molecule has 0 bridgehead atoms. The van der Waals surface area contributed by atoms with Crippen LogP contribution in [0.5, 0.6) is 0 Å². The van der Waals surface area contributed by atoms with Gasteiger partial charge in [0.05, 0.1) is 7.11 Å². The molecule has 0 saturated carbocycles. The minimum atomic E-state index is -0.919. The molecule has 0 radical (unpaired) electrons. The van der Waals surface area contributed by atoms with Gasteiger partial charge < -0.3 is 10.3 Å². The Labute approximate surface area is 82.0 Å². The Morgan fingerprint density at radius 1 is 1.50 bits per heavy atom. The van der Waals surface area contributed by atoms with Crippen molar-refractivity contribution in [3.8, 4) is 0 Å². The number of hydrogen-bond donors (Lipinski definition) is 0. The predicted octanol–water partition coefficient (Wildman–Crippen LogP) is 0.756. The first kappa shape index (κ1) is 12.3. The number of hydrogen-bond acceptors (Lipinski definition) is 3. The van der Waals surface area contributed by atoms with Crippen LogP contribution >= 0.6 is 0 Å². The number of carbonyl (C=O) groups excluding carboxylic acids is 2. The lowest BCUT2D eigenvalue weighted by Gasteiger charge is -1.92. The molecule has 0 atom stereocenters. The van der Waals surface area contributed by atoms with Gasteiger partial charge in [0.1, 0.15) is 0 Å². The number of allylic oxidation sites excluding steroid dienone is 2. The second-order valence-electron chi connectivity index (χ2n) is 2.47. The van der Waals surface area contributed by atoms with Gasteiger partial charge in [-0.3, -0.25) is 4.79 Å². The average molecular weight is 196 g/mol. The van der Waals surface area contributed by atoms with E-state index in [0.717, 1.165) is 7.11 Å². The van der Waals surface area contributed by atoms with Crippen LogP contribution in [0.3, 0.4) is 0 Å². The van der Waals surface area contributed by atoms with Crippen molar-refractivity contribution >= 4 is 17.5 Å². The van der Waals surface area contributed by atoms with E-state index >= 15 is 0 Å². The summed E-state index contributed by atoms with van der Waals surface area (Å²) in [5.74, 6) is -1.45. The van der Waals surface area contributed by atoms with E-state index in [1.54, 1.807) is 12.2 Å². The van der Waals surface area contributed by atoms with Crippen LogP contribution in [0.4, 0.5) is 0 Å². The highest BCUT2D eigenvalue weighted by molar-refractivity contribution is 6.62. The highest BCUT2D eigenvalue weighted by Crippen LogP contribution is 1.95. The van der Waals surface area contributed by atoms with Crippen LogP contribution in [0.2, 0.25) is 0 Å². The molecule has 0 saturated heterocycles. The van der Waals surface area contributed by atoms with Crippen molar-refractivity contribution in [1.82, 2.24) is 0 Å². The monoisotopic (exact) mass is 196 g/mol. The molecule has 0 spiro atoms. The predicted molar refractivity (Wildman–Crippen MR) is 49.7 cm³/mol. The first-order chi connectivity index (χ1) is 6.67. The summed E-state index contributed by atoms with van der Waals surface area (Å²) in [5.41, 5.74) is 7.84. The second-order valence-corrected chi connectivity index (χ2v) is 2.47. The minimum absolute atomic E-state index is 0.124. The van der Waals surface area contributed by atoms with Crippen molar-refractivity contribution in [1.29, 1.82) is 0 Å². The van der Waals surface area contributed by atoms with Crippen molar-refractivity contribution in [2.75, 3.05) is 7.11 Å². The van der Waals surface area contributed by atoms with E-state index in [9.17, 15) is 9.59 Å². The zero-order chi connectivity index (χ0) is 11.0. The van der Waals surface area contributed by atoms with E-state index < -0.39 is 17.5 Å². The molecule has 76 valence electrons. The maximum Gasteiger partial charge on any atom is 0.441 e. The molecule has 0 aromatic heterocycles. The SMILES string of the molecule is C/C=C\CCC(=O)C(=[N+]=[N-])C(=O)OC.